The lowest BCUT2D eigenvalue weighted by Gasteiger charge is -2.10. The Morgan fingerprint density at radius 1 is 0.594 bits per heavy atom. The van der Waals surface area contributed by atoms with Gasteiger partial charge in [0.15, 0.2) is 6.61 Å². The van der Waals surface area contributed by atoms with Gasteiger partial charge >= 0.3 is 0 Å². The van der Waals surface area contributed by atoms with Gasteiger partial charge in [0.25, 0.3) is 23.6 Å². The average Bonchev–Trinajstić information content (AvgIpc) is 2.85. The zero-order valence-corrected chi connectivity index (χ0v) is 16.6. The normalized spacial score (nSPS) is 9.88. The lowest BCUT2D eigenvalue weighted by atomic mass is 10.2. The number of nitrogens with zero attached hydrogens (tertiary/aromatic N) is 2. The smallest absolute Gasteiger partial charge is 0.276 e. The van der Waals surface area contributed by atoms with E-state index in [9.17, 15) is 19.2 Å². The van der Waals surface area contributed by atoms with Gasteiger partial charge in [0.1, 0.15) is 5.75 Å². The number of nitrogens with one attached hydrogen (secondary N) is 4. The molecule has 32 heavy (non-hydrogen) atoms. The van der Waals surface area contributed by atoms with E-state index in [4.69, 9.17) is 4.74 Å². The minimum Gasteiger partial charge on any atom is -0.484 e. The highest BCUT2D eigenvalue weighted by Crippen LogP contribution is 2.12. The number of carbonyl (C=O) groups is 4. The van der Waals surface area contributed by atoms with Crippen molar-refractivity contribution in [2.45, 2.75) is 0 Å². The number of rotatable bonds is 6. The molecule has 1 aromatic carbocycles. The molecule has 0 unspecified atom stereocenters. The number of aromatic nitrogens is 2. The molecule has 0 radical (unpaired) electrons. The Balaban J connectivity index is 1.41. The number of amides is 4. The molecule has 0 saturated heterocycles. The second-order valence-electron chi connectivity index (χ2n) is 6.20. The van der Waals surface area contributed by atoms with Gasteiger partial charge in [-0.1, -0.05) is 0 Å². The third kappa shape index (κ3) is 6.35. The standard InChI is InChI=1S/C21H18N6O5/c28-18(24-25-20(30)15-5-9-22-10-6-15)13-32-17-3-1-14(2-4-17)19(29)26-27-21(31)16-7-11-23-12-8-16/h1-12H,13H2,(H,24,28)(H,25,30)(H,26,29)(H,27,31). The molecule has 11 heteroatoms. The van der Waals surface area contributed by atoms with Crippen LogP contribution < -0.4 is 26.4 Å². The molecule has 2 heterocycles. The van der Waals surface area contributed by atoms with E-state index in [1.165, 1.54) is 73.3 Å². The Hall–Kier alpha value is -4.80. The first kappa shape index (κ1) is 21.9. The summed E-state index contributed by atoms with van der Waals surface area (Å²) < 4.78 is 5.32. The van der Waals surface area contributed by atoms with Crippen molar-refractivity contribution in [3.8, 4) is 5.75 Å². The Morgan fingerprint density at radius 2 is 1.00 bits per heavy atom. The molecular weight excluding hydrogens is 416 g/mol. The van der Waals surface area contributed by atoms with Crippen molar-refractivity contribution in [3.05, 3.63) is 90.0 Å². The monoisotopic (exact) mass is 434 g/mol. The number of benzene rings is 1. The van der Waals surface area contributed by atoms with Gasteiger partial charge < -0.3 is 4.74 Å². The zero-order chi connectivity index (χ0) is 22.8. The first-order valence-corrected chi connectivity index (χ1v) is 9.26. The van der Waals surface area contributed by atoms with Crippen LogP contribution in [-0.4, -0.2) is 40.2 Å². The quantitative estimate of drug-likeness (QED) is 0.410. The SMILES string of the molecule is O=C(COc1ccc(C(=O)NNC(=O)c2ccncc2)cc1)NNC(=O)c1ccncc1. The first-order valence-electron chi connectivity index (χ1n) is 9.26. The topological polar surface area (TPSA) is 151 Å². The first-order chi connectivity index (χ1) is 15.5. The van der Waals surface area contributed by atoms with E-state index >= 15 is 0 Å². The molecule has 4 amide bonds. The third-order valence-corrected chi connectivity index (χ3v) is 3.98. The van der Waals surface area contributed by atoms with E-state index < -0.39 is 23.6 Å². The van der Waals surface area contributed by atoms with Crippen molar-refractivity contribution in [2.24, 2.45) is 0 Å². The molecule has 3 aromatic rings. The molecule has 0 aliphatic heterocycles. The van der Waals surface area contributed by atoms with E-state index in [0.717, 1.165) is 0 Å². The highest BCUT2D eigenvalue weighted by molar-refractivity contribution is 5.99. The number of ether oxygens (including phenoxy) is 1. The van der Waals surface area contributed by atoms with Gasteiger partial charge in [0, 0.05) is 41.5 Å². The number of hydrazine groups is 2. The molecule has 0 fully saturated rings. The number of carbonyl (C=O) groups excluding carboxylic acids is 4. The van der Waals surface area contributed by atoms with E-state index in [2.05, 4.69) is 31.7 Å². The summed E-state index contributed by atoms with van der Waals surface area (Å²) in [5.74, 6) is -1.75. The molecule has 0 bridgehead atoms. The third-order valence-electron chi connectivity index (χ3n) is 3.98. The maximum Gasteiger partial charge on any atom is 0.276 e. The second-order valence-corrected chi connectivity index (χ2v) is 6.20. The maximum atomic E-state index is 12.1. The van der Waals surface area contributed by atoms with Gasteiger partial charge in [-0.05, 0) is 48.5 Å². The second kappa shape index (κ2) is 10.8. The van der Waals surface area contributed by atoms with Crippen molar-refractivity contribution in [1.29, 1.82) is 0 Å². The molecule has 0 saturated carbocycles. The molecular formula is C21H18N6O5. The van der Waals surface area contributed by atoms with Crippen LogP contribution in [0.1, 0.15) is 31.1 Å². The van der Waals surface area contributed by atoms with Crippen LogP contribution in [-0.2, 0) is 4.79 Å². The van der Waals surface area contributed by atoms with Crippen molar-refractivity contribution >= 4 is 23.6 Å². The lowest BCUT2D eigenvalue weighted by Crippen LogP contribution is -2.43. The fraction of sp³-hybridized carbons (Fsp3) is 0.0476. The van der Waals surface area contributed by atoms with Crippen LogP contribution >= 0.6 is 0 Å². The Morgan fingerprint density at radius 3 is 1.47 bits per heavy atom. The van der Waals surface area contributed by atoms with E-state index in [1.807, 2.05) is 0 Å². The zero-order valence-electron chi connectivity index (χ0n) is 16.6. The summed E-state index contributed by atoms with van der Waals surface area (Å²) >= 11 is 0. The summed E-state index contributed by atoms with van der Waals surface area (Å²) in [5.41, 5.74) is 10.0. The highest BCUT2D eigenvalue weighted by atomic mass is 16.5. The molecule has 11 nitrogen and oxygen atoms in total. The van der Waals surface area contributed by atoms with Gasteiger partial charge in [-0.25, -0.2) is 0 Å². The van der Waals surface area contributed by atoms with Crippen LogP contribution in [0.2, 0.25) is 0 Å². The summed E-state index contributed by atoms with van der Waals surface area (Å²) in [7, 11) is 0. The van der Waals surface area contributed by atoms with Gasteiger partial charge in [-0.3, -0.25) is 50.8 Å². The number of hydrogen-bond acceptors (Lipinski definition) is 7. The van der Waals surface area contributed by atoms with Crippen LogP contribution in [0.25, 0.3) is 0 Å². The van der Waals surface area contributed by atoms with Crippen LogP contribution in [0.15, 0.2) is 73.3 Å². The summed E-state index contributed by atoms with van der Waals surface area (Å²) in [6.07, 6.45) is 5.84. The summed E-state index contributed by atoms with van der Waals surface area (Å²) in [5, 5.41) is 0. The maximum absolute atomic E-state index is 12.1. The van der Waals surface area contributed by atoms with Crippen LogP contribution in [0.5, 0.6) is 5.75 Å². The Kier molecular flexibility index (Phi) is 7.41. The molecule has 4 N–H and O–H groups in total. The van der Waals surface area contributed by atoms with E-state index in [1.54, 1.807) is 0 Å². The predicted molar refractivity (Wildman–Crippen MR) is 111 cm³/mol. The molecule has 2 aromatic heterocycles. The predicted octanol–water partition coefficient (Wildman–Crippen LogP) is 0.391. The fourth-order valence-corrected chi connectivity index (χ4v) is 2.35. The van der Waals surface area contributed by atoms with Gasteiger partial charge in [0.05, 0.1) is 0 Å². The van der Waals surface area contributed by atoms with Crippen molar-refractivity contribution < 1.29 is 23.9 Å². The van der Waals surface area contributed by atoms with Crippen molar-refractivity contribution in [2.75, 3.05) is 6.61 Å². The minimum absolute atomic E-state index is 0.265. The number of hydrogen-bond donors (Lipinski definition) is 4. The summed E-state index contributed by atoms with van der Waals surface area (Å²) in [4.78, 5) is 55.3. The highest BCUT2D eigenvalue weighted by Gasteiger charge is 2.10. The largest absolute Gasteiger partial charge is 0.484 e. The fourth-order valence-electron chi connectivity index (χ4n) is 2.35. The van der Waals surface area contributed by atoms with Gasteiger partial charge in [-0.2, -0.15) is 0 Å². The summed E-state index contributed by atoms with van der Waals surface area (Å²) in [6.45, 7) is -0.357. The van der Waals surface area contributed by atoms with Gasteiger partial charge in [0.2, 0.25) is 0 Å². The van der Waals surface area contributed by atoms with Crippen LogP contribution in [0.3, 0.4) is 0 Å². The van der Waals surface area contributed by atoms with E-state index in [-0.39, 0.29) is 12.2 Å². The number of pyridine rings is 2. The van der Waals surface area contributed by atoms with Crippen LogP contribution in [0, 0.1) is 0 Å². The van der Waals surface area contributed by atoms with Crippen molar-refractivity contribution in [3.63, 3.8) is 0 Å². The van der Waals surface area contributed by atoms with E-state index in [0.29, 0.717) is 16.9 Å². The molecule has 0 aliphatic rings. The molecule has 0 aliphatic carbocycles. The Labute approximate surface area is 182 Å². The molecule has 162 valence electrons. The lowest BCUT2D eigenvalue weighted by molar-refractivity contribution is -0.123. The molecule has 3 rings (SSSR count). The average molecular weight is 434 g/mol. The van der Waals surface area contributed by atoms with Crippen LogP contribution in [0.4, 0.5) is 0 Å². The van der Waals surface area contributed by atoms with Crippen molar-refractivity contribution in [1.82, 2.24) is 31.7 Å². The molecule has 0 atom stereocenters. The Bertz CT molecular complexity index is 1090. The minimum atomic E-state index is -0.576. The van der Waals surface area contributed by atoms with Gasteiger partial charge in [-0.15, -0.1) is 0 Å². The summed E-state index contributed by atoms with van der Waals surface area (Å²) in [6, 6.07) is 11.9. The molecule has 0 spiro atoms.